The van der Waals surface area contributed by atoms with Gasteiger partial charge in [0.1, 0.15) is 0 Å². The average molecular weight is 189 g/mol. The third-order valence-corrected chi connectivity index (χ3v) is 1.04. The molecule has 0 saturated carbocycles. The van der Waals surface area contributed by atoms with Crippen LogP contribution in [0.15, 0.2) is 6.20 Å². The molecule has 0 aliphatic carbocycles. The maximum Gasteiger partial charge on any atom is 0.411 e. The highest BCUT2D eigenvalue weighted by Gasteiger charge is 2.20. The first kappa shape index (κ1) is 11.4. The molecule has 1 rings (SSSR count). The lowest BCUT2D eigenvalue weighted by Crippen LogP contribution is -2.43. The zero-order valence-corrected chi connectivity index (χ0v) is 7.14. The Morgan fingerprint density at radius 3 is 2.54 bits per heavy atom. The molecule has 0 amide bonds. The van der Waals surface area contributed by atoms with Crippen LogP contribution in [0.2, 0.25) is 0 Å². The van der Waals surface area contributed by atoms with Gasteiger partial charge in [0.2, 0.25) is 0 Å². The Kier molecular flexibility index (Phi) is 5.20. The molecule has 0 aromatic rings. The van der Waals surface area contributed by atoms with Gasteiger partial charge in [-0.15, -0.1) is 0 Å². The number of nitrogens with one attached hydrogen (secondary N) is 1. The van der Waals surface area contributed by atoms with E-state index in [1.165, 1.54) is 5.12 Å². The lowest BCUT2D eigenvalue weighted by Gasteiger charge is -2.06. The molecule has 0 saturated heterocycles. The molecular weight excluding hydrogens is 178 g/mol. The summed E-state index contributed by atoms with van der Waals surface area (Å²) in [5.74, 6) is 5.32. The molecule has 0 bridgehead atoms. The minimum Gasteiger partial charge on any atom is -0.356 e. The summed E-state index contributed by atoms with van der Waals surface area (Å²) >= 11 is 0. The monoisotopic (exact) mass is 189 g/mol. The van der Waals surface area contributed by atoms with Crippen molar-refractivity contribution >= 4 is 0 Å². The Morgan fingerprint density at radius 2 is 2.23 bits per heavy atom. The fourth-order valence-electron chi connectivity index (χ4n) is 0.667. The predicted octanol–water partition coefficient (Wildman–Crippen LogP) is -0.657. The zero-order valence-electron chi connectivity index (χ0n) is 7.14. The summed E-state index contributed by atoms with van der Waals surface area (Å²) in [6.45, 7) is 3.03. The van der Waals surface area contributed by atoms with Gasteiger partial charge in [-0.2, -0.15) is 5.12 Å². The van der Waals surface area contributed by atoms with Gasteiger partial charge in [-0.1, -0.05) is 17.5 Å². The van der Waals surface area contributed by atoms with Crippen LogP contribution in [0.3, 0.4) is 0 Å². The van der Waals surface area contributed by atoms with Gasteiger partial charge in [-0.3, -0.25) is 0 Å². The average Bonchev–Trinajstić information content (AvgIpc) is 2.35. The number of hydrazine groups is 3. The van der Waals surface area contributed by atoms with Gasteiger partial charge in [0, 0.05) is 0 Å². The van der Waals surface area contributed by atoms with E-state index < -0.39 is 5.09 Å². The van der Waals surface area contributed by atoms with E-state index in [1.54, 1.807) is 11.2 Å². The van der Waals surface area contributed by atoms with Crippen LogP contribution in [0.4, 0.5) is 0 Å². The van der Waals surface area contributed by atoms with Gasteiger partial charge >= 0.3 is 12.4 Å². The van der Waals surface area contributed by atoms with Crippen molar-refractivity contribution in [3.05, 3.63) is 27.7 Å². The second-order valence-electron chi connectivity index (χ2n) is 2.14. The molecular formula is C5H11N5O3. The van der Waals surface area contributed by atoms with E-state index >= 15 is 0 Å². The molecule has 1 aliphatic rings. The summed E-state index contributed by atoms with van der Waals surface area (Å²) < 4.78 is 0. The van der Waals surface area contributed by atoms with Crippen LogP contribution >= 0.6 is 0 Å². The van der Waals surface area contributed by atoms with Crippen LogP contribution in [0.25, 0.3) is 0 Å². The fourth-order valence-corrected chi connectivity index (χ4v) is 0.667. The third-order valence-electron chi connectivity index (χ3n) is 1.04. The van der Waals surface area contributed by atoms with Crippen LogP contribution in [0.5, 0.6) is 0 Å². The summed E-state index contributed by atoms with van der Waals surface area (Å²) in [5.41, 5.74) is 2.83. The molecule has 74 valence electrons. The standard InChI is InChI=1S/C5H11N4.NO3/c1-2-3-8-4-5-9(6)7-8;2-1(3)4/h5,7H,2-3,6H2,1H3;/q+1;-1. The summed E-state index contributed by atoms with van der Waals surface area (Å²) in [6.07, 6.45) is 5.64. The van der Waals surface area contributed by atoms with Crippen molar-refractivity contribution < 1.29 is 5.09 Å². The number of rotatable bonds is 2. The first-order valence-corrected chi connectivity index (χ1v) is 3.55. The van der Waals surface area contributed by atoms with Gasteiger partial charge in [0.15, 0.2) is 0 Å². The summed E-state index contributed by atoms with van der Waals surface area (Å²) in [4.78, 5) is 8.25. The summed E-state index contributed by atoms with van der Waals surface area (Å²) in [7, 11) is 0. The van der Waals surface area contributed by atoms with Gasteiger partial charge < -0.3 is 15.3 Å². The van der Waals surface area contributed by atoms with E-state index in [2.05, 4.69) is 18.7 Å². The van der Waals surface area contributed by atoms with E-state index in [0.717, 1.165) is 13.0 Å². The van der Waals surface area contributed by atoms with Gasteiger partial charge in [-0.25, -0.2) is 5.84 Å². The summed E-state index contributed by atoms with van der Waals surface area (Å²) in [5, 5.41) is 17.9. The first-order valence-electron chi connectivity index (χ1n) is 3.55. The minimum absolute atomic E-state index is 0.935. The van der Waals surface area contributed by atoms with Crippen LogP contribution in [-0.4, -0.2) is 21.8 Å². The van der Waals surface area contributed by atoms with Crippen LogP contribution < -0.4 is 11.4 Å². The Bertz CT molecular complexity index is 181. The molecule has 0 radical (unpaired) electrons. The Balaban J connectivity index is 0.000000310. The van der Waals surface area contributed by atoms with Crippen molar-refractivity contribution in [1.29, 1.82) is 0 Å². The van der Waals surface area contributed by atoms with Crippen molar-refractivity contribution in [2.75, 3.05) is 6.54 Å². The normalized spacial score (nSPS) is 13.4. The van der Waals surface area contributed by atoms with Crippen LogP contribution in [0, 0.1) is 21.5 Å². The number of hydrogen-bond donors (Lipinski definition) is 2. The SMILES string of the molecule is CCCN1[C+]=CN(N)N1.O=[N+]([O-])[O-]. The van der Waals surface area contributed by atoms with Gasteiger partial charge in [0.05, 0.1) is 11.6 Å². The molecule has 8 nitrogen and oxygen atoms in total. The second kappa shape index (κ2) is 5.95. The highest BCUT2D eigenvalue weighted by Crippen LogP contribution is 1.93. The van der Waals surface area contributed by atoms with Crippen molar-refractivity contribution in [3.63, 3.8) is 0 Å². The number of nitrogens with zero attached hydrogens (tertiary/aromatic N) is 3. The van der Waals surface area contributed by atoms with E-state index in [1.807, 2.05) is 0 Å². The van der Waals surface area contributed by atoms with Crippen molar-refractivity contribution in [3.8, 4) is 0 Å². The number of nitrogens with two attached hydrogens (primary N) is 1. The maximum absolute atomic E-state index is 8.25. The zero-order chi connectivity index (χ0) is 10.3. The van der Waals surface area contributed by atoms with E-state index in [-0.39, 0.29) is 0 Å². The molecule has 0 aromatic carbocycles. The predicted molar refractivity (Wildman–Crippen MR) is 44.3 cm³/mol. The lowest BCUT2D eigenvalue weighted by molar-refractivity contribution is -0.402. The van der Waals surface area contributed by atoms with Crippen molar-refractivity contribution in [2.45, 2.75) is 13.3 Å². The van der Waals surface area contributed by atoms with Crippen LogP contribution in [0.1, 0.15) is 13.3 Å². The highest BCUT2D eigenvalue weighted by molar-refractivity contribution is 4.74. The molecule has 0 aromatic heterocycles. The van der Waals surface area contributed by atoms with Gasteiger partial charge in [-0.05, 0) is 6.42 Å². The second-order valence-corrected chi connectivity index (χ2v) is 2.14. The molecule has 0 atom stereocenters. The van der Waals surface area contributed by atoms with Crippen molar-refractivity contribution in [2.24, 2.45) is 5.84 Å². The maximum atomic E-state index is 8.25. The molecule has 1 aliphatic heterocycles. The quantitative estimate of drug-likeness (QED) is 0.257. The minimum atomic E-state index is -1.75. The Hall–Kier alpha value is -1.63. The molecule has 1 heterocycles. The molecule has 13 heavy (non-hydrogen) atoms. The summed E-state index contributed by atoms with van der Waals surface area (Å²) in [6, 6.07) is 0. The smallest absolute Gasteiger partial charge is 0.356 e. The fraction of sp³-hybridized carbons (Fsp3) is 0.600. The molecule has 0 fully saturated rings. The van der Waals surface area contributed by atoms with Gasteiger partial charge in [0.25, 0.3) is 0 Å². The molecule has 3 N–H and O–H groups in total. The molecule has 0 unspecified atom stereocenters. The van der Waals surface area contributed by atoms with Crippen molar-refractivity contribution in [1.82, 2.24) is 15.7 Å². The number of hydrogen-bond acceptors (Lipinski definition) is 7. The lowest BCUT2D eigenvalue weighted by atomic mass is 10.5. The molecule has 8 heteroatoms. The Morgan fingerprint density at radius 1 is 1.69 bits per heavy atom. The van der Waals surface area contributed by atoms with E-state index in [0.29, 0.717) is 0 Å². The topological polar surface area (TPSA) is 111 Å². The highest BCUT2D eigenvalue weighted by atomic mass is 16.9. The molecule has 0 spiro atoms. The largest absolute Gasteiger partial charge is 0.411 e. The van der Waals surface area contributed by atoms with E-state index in [9.17, 15) is 0 Å². The first-order chi connectivity index (χ1) is 6.06. The van der Waals surface area contributed by atoms with E-state index in [4.69, 9.17) is 21.2 Å². The Labute approximate surface area is 75.2 Å². The third kappa shape index (κ3) is 6.76. The van der Waals surface area contributed by atoms with Crippen LogP contribution in [-0.2, 0) is 0 Å².